The molecular formula is C17H14N2O2S. The number of hydrogen-bond donors (Lipinski definition) is 0. The Bertz CT molecular complexity index is 767. The third-order valence-corrected chi connectivity index (χ3v) is 4.06. The minimum absolute atomic E-state index is 0.333. The molecule has 2 aromatic heterocycles. The lowest BCUT2D eigenvalue weighted by Crippen LogP contribution is -2.00. The maximum atomic E-state index is 11.4. The highest BCUT2D eigenvalue weighted by atomic mass is 32.1. The molecule has 110 valence electrons. The van der Waals surface area contributed by atoms with Crippen LogP contribution in [-0.4, -0.2) is 23.0 Å². The van der Waals surface area contributed by atoms with Gasteiger partial charge in [-0.05, 0) is 24.3 Å². The van der Waals surface area contributed by atoms with E-state index in [1.165, 1.54) is 7.11 Å². The van der Waals surface area contributed by atoms with Crippen LogP contribution in [-0.2, 0) is 11.2 Å². The molecule has 4 nitrogen and oxygen atoms in total. The Balaban J connectivity index is 1.77. The summed E-state index contributed by atoms with van der Waals surface area (Å²) in [6.07, 6.45) is 2.52. The quantitative estimate of drug-likeness (QED) is 0.691. The number of nitrogens with zero attached hydrogens (tertiary/aromatic N) is 2. The predicted molar refractivity (Wildman–Crippen MR) is 85.9 cm³/mol. The van der Waals surface area contributed by atoms with E-state index in [0.717, 1.165) is 28.4 Å². The number of ether oxygens (including phenoxy) is 1. The zero-order valence-electron chi connectivity index (χ0n) is 12.0. The molecule has 3 rings (SSSR count). The van der Waals surface area contributed by atoms with Gasteiger partial charge in [-0.2, -0.15) is 0 Å². The maximum Gasteiger partial charge on any atom is 0.337 e. The van der Waals surface area contributed by atoms with Crippen molar-refractivity contribution < 1.29 is 9.53 Å². The van der Waals surface area contributed by atoms with Crippen molar-refractivity contribution in [3.8, 4) is 11.3 Å². The van der Waals surface area contributed by atoms with Gasteiger partial charge in [-0.15, -0.1) is 11.3 Å². The van der Waals surface area contributed by atoms with Gasteiger partial charge in [-0.3, -0.25) is 4.98 Å². The van der Waals surface area contributed by atoms with E-state index in [0.29, 0.717) is 5.56 Å². The van der Waals surface area contributed by atoms with Crippen LogP contribution in [0.15, 0.2) is 54.0 Å². The zero-order chi connectivity index (χ0) is 15.4. The number of benzene rings is 1. The second kappa shape index (κ2) is 6.49. The van der Waals surface area contributed by atoms with Crippen LogP contribution in [0.1, 0.15) is 21.1 Å². The van der Waals surface area contributed by atoms with Crippen molar-refractivity contribution in [2.45, 2.75) is 6.42 Å². The van der Waals surface area contributed by atoms with E-state index in [4.69, 9.17) is 4.74 Å². The van der Waals surface area contributed by atoms with Crippen LogP contribution < -0.4 is 0 Å². The van der Waals surface area contributed by atoms with Crippen molar-refractivity contribution in [2.75, 3.05) is 7.11 Å². The molecule has 0 atom stereocenters. The lowest BCUT2D eigenvalue weighted by atomic mass is 10.1. The van der Waals surface area contributed by atoms with Gasteiger partial charge in [-0.25, -0.2) is 9.78 Å². The average Bonchev–Trinajstić information content (AvgIpc) is 3.04. The molecule has 0 spiro atoms. The fourth-order valence-corrected chi connectivity index (χ4v) is 2.90. The lowest BCUT2D eigenvalue weighted by Gasteiger charge is -2.00. The number of carbonyl (C=O) groups is 1. The number of carbonyl (C=O) groups excluding carboxylic acids is 1. The third-order valence-electron chi connectivity index (χ3n) is 3.21. The number of methoxy groups -OCH3 is 1. The maximum absolute atomic E-state index is 11.4. The SMILES string of the molecule is COC(=O)c1ccc(-c2csc(Cc3ccccn3)n2)cc1. The van der Waals surface area contributed by atoms with Gasteiger partial charge in [0.15, 0.2) is 0 Å². The van der Waals surface area contributed by atoms with Crippen molar-refractivity contribution in [3.63, 3.8) is 0 Å². The number of aromatic nitrogens is 2. The normalized spacial score (nSPS) is 10.4. The van der Waals surface area contributed by atoms with Crippen LogP contribution >= 0.6 is 11.3 Å². The van der Waals surface area contributed by atoms with Crippen molar-refractivity contribution in [2.24, 2.45) is 0 Å². The van der Waals surface area contributed by atoms with E-state index in [1.54, 1.807) is 29.7 Å². The summed E-state index contributed by atoms with van der Waals surface area (Å²) in [5.41, 5.74) is 3.43. The molecule has 1 aromatic carbocycles. The largest absolute Gasteiger partial charge is 0.465 e. The second-order valence-electron chi connectivity index (χ2n) is 4.69. The van der Waals surface area contributed by atoms with Gasteiger partial charge in [0, 0.05) is 29.3 Å². The summed E-state index contributed by atoms with van der Waals surface area (Å²) in [7, 11) is 1.38. The molecule has 0 N–H and O–H groups in total. The fourth-order valence-electron chi connectivity index (χ4n) is 2.08. The Kier molecular flexibility index (Phi) is 4.25. The van der Waals surface area contributed by atoms with Crippen LogP contribution in [0.25, 0.3) is 11.3 Å². The summed E-state index contributed by atoms with van der Waals surface area (Å²) >= 11 is 1.61. The number of pyridine rings is 1. The standard InChI is InChI=1S/C17H14N2O2S/c1-21-17(20)13-7-5-12(6-8-13)15-11-22-16(19-15)10-14-4-2-3-9-18-14/h2-9,11H,10H2,1H3. The molecule has 22 heavy (non-hydrogen) atoms. The molecule has 0 aliphatic heterocycles. The first-order chi connectivity index (χ1) is 10.8. The minimum Gasteiger partial charge on any atom is -0.465 e. The van der Waals surface area contributed by atoms with Gasteiger partial charge < -0.3 is 4.74 Å². The van der Waals surface area contributed by atoms with Crippen LogP contribution in [0.2, 0.25) is 0 Å². The Morgan fingerprint density at radius 1 is 1.18 bits per heavy atom. The summed E-state index contributed by atoms with van der Waals surface area (Å²) in [5, 5.41) is 3.04. The number of rotatable bonds is 4. The minimum atomic E-state index is -0.333. The molecule has 0 bridgehead atoms. The molecule has 0 radical (unpaired) electrons. The van der Waals surface area contributed by atoms with Gasteiger partial charge >= 0.3 is 5.97 Å². The number of thiazole rings is 1. The number of esters is 1. The molecule has 0 aliphatic rings. The van der Waals surface area contributed by atoms with Crippen LogP contribution in [0.5, 0.6) is 0 Å². The van der Waals surface area contributed by atoms with Gasteiger partial charge in [0.2, 0.25) is 0 Å². The highest BCUT2D eigenvalue weighted by Gasteiger charge is 2.08. The zero-order valence-corrected chi connectivity index (χ0v) is 12.8. The molecular weight excluding hydrogens is 296 g/mol. The van der Waals surface area contributed by atoms with E-state index in [9.17, 15) is 4.79 Å². The van der Waals surface area contributed by atoms with Crippen molar-refractivity contribution in [1.82, 2.24) is 9.97 Å². The van der Waals surface area contributed by atoms with Crippen LogP contribution in [0, 0.1) is 0 Å². The molecule has 3 aromatic rings. The predicted octanol–water partition coefficient (Wildman–Crippen LogP) is 3.58. The molecule has 5 heteroatoms. The van der Waals surface area contributed by atoms with Crippen molar-refractivity contribution >= 4 is 17.3 Å². The van der Waals surface area contributed by atoms with E-state index in [-0.39, 0.29) is 5.97 Å². The fraction of sp³-hybridized carbons (Fsp3) is 0.118. The molecule has 2 heterocycles. The van der Waals surface area contributed by atoms with Crippen molar-refractivity contribution in [1.29, 1.82) is 0 Å². The summed E-state index contributed by atoms with van der Waals surface area (Å²) in [5.74, 6) is -0.333. The molecule has 0 fully saturated rings. The first-order valence-electron chi connectivity index (χ1n) is 6.79. The Morgan fingerprint density at radius 2 is 2.00 bits per heavy atom. The van der Waals surface area contributed by atoms with Gasteiger partial charge in [0.1, 0.15) is 0 Å². The van der Waals surface area contributed by atoms with Crippen LogP contribution in [0.4, 0.5) is 0 Å². The van der Waals surface area contributed by atoms with Gasteiger partial charge in [0.25, 0.3) is 0 Å². The average molecular weight is 310 g/mol. The van der Waals surface area contributed by atoms with E-state index in [1.807, 2.05) is 35.7 Å². The highest BCUT2D eigenvalue weighted by Crippen LogP contribution is 2.23. The van der Waals surface area contributed by atoms with Crippen molar-refractivity contribution in [3.05, 3.63) is 70.3 Å². The summed E-state index contributed by atoms with van der Waals surface area (Å²) in [6.45, 7) is 0. The first-order valence-corrected chi connectivity index (χ1v) is 7.67. The smallest absolute Gasteiger partial charge is 0.337 e. The summed E-state index contributed by atoms with van der Waals surface area (Å²) in [6, 6.07) is 13.1. The first kappa shape index (κ1) is 14.4. The second-order valence-corrected chi connectivity index (χ2v) is 5.64. The van der Waals surface area contributed by atoms with Gasteiger partial charge in [0.05, 0.1) is 23.4 Å². The monoisotopic (exact) mass is 310 g/mol. The lowest BCUT2D eigenvalue weighted by molar-refractivity contribution is 0.0601. The Labute approximate surface area is 132 Å². The Hall–Kier alpha value is -2.53. The summed E-state index contributed by atoms with van der Waals surface area (Å²) < 4.78 is 4.69. The molecule has 0 saturated heterocycles. The molecule has 0 saturated carbocycles. The van der Waals surface area contributed by atoms with Gasteiger partial charge in [-0.1, -0.05) is 18.2 Å². The topological polar surface area (TPSA) is 52.1 Å². The molecule has 0 aliphatic carbocycles. The summed E-state index contributed by atoms with van der Waals surface area (Å²) in [4.78, 5) is 20.4. The van der Waals surface area contributed by atoms with E-state index >= 15 is 0 Å². The molecule has 0 unspecified atom stereocenters. The Morgan fingerprint density at radius 3 is 2.68 bits per heavy atom. The highest BCUT2D eigenvalue weighted by molar-refractivity contribution is 7.10. The van der Waals surface area contributed by atoms with Crippen LogP contribution in [0.3, 0.4) is 0 Å². The van der Waals surface area contributed by atoms with E-state index < -0.39 is 0 Å². The molecule has 0 amide bonds. The number of hydrogen-bond acceptors (Lipinski definition) is 5. The van der Waals surface area contributed by atoms with E-state index in [2.05, 4.69) is 9.97 Å². The third kappa shape index (κ3) is 3.20.